The van der Waals surface area contributed by atoms with E-state index in [1.807, 2.05) is 55.7 Å². The molecule has 1 aromatic carbocycles. The van der Waals surface area contributed by atoms with Gasteiger partial charge < -0.3 is 4.74 Å². The van der Waals surface area contributed by atoms with Crippen molar-refractivity contribution in [2.24, 2.45) is 0 Å². The number of esters is 1. The number of carbonyl (C=O) groups is 2. The summed E-state index contributed by atoms with van der Waals surface area (Å²) < 4.78 is 6.77. The van der Waals surface area contributed by atoms with Gasteiger partial charge in [-0.05, 0) is 45.9 Å². The molecule has 0 bridgehead atoms. The van der Waals surface area contributed by atoms with E-state index < -0.39 is 5.97 Å². The first kappa shape index (κ1) is 23.9. The van der Waals surface area contributed by atoms with Crippen molar-refractivity contribution in [3.63, 3.8) is 0 Å². The number of aryl methyl sites for hydroxylation is 3. The third kappa shape index (κ3) is 6.64. The number of ether oxygens (including phenoxy) is 1. The van der Waals surface area contributed by atoms with Gasteiger partial charge in [-0.15, -0.1) is 10.2 Å². The summed E-state index contributed by atoms with van der Waals surface area (Å²) in [6.07, 6.45) is -0.244. The topological polar surface area (TPSA) is 99.9 Å². The molecule has 32 heavy (non-hydrogen) atoms. The highest BCUT2D eigenvalue weighted by Gasteiger charge is 2.18. The molecule has 3 aromatic rings. The average Bonchev–Trinajstić information content (AvgIpc) is 3.13. The summed E-state index contributed by atoms with van der Waals surface area (Å²) >= 11 is 2.74. The van der Waals surface area contributed by atoms with E-state index in [1.54, 1.807) is 6.92 Å². The largest absolute Gasteiger partial charge is 0.466 e. The van der Waals surface area contributed by atoms with Crippen molar-refractivity contribution in [3.8, 4) is 5.69 Å². The Morgan fingerprint density at radius 3 is 2.34 bits per heavy atom. The number of benzene rings is 1. The molecule has 0 atom stereocenters. The van der Waals surface area contributed by atoms with Gasteiger partial charge in [0, 0.05) is 17.1 Å². The molecule has 0 saturated carbocycles. The fraction of sp³-hybridized carbons (Fsp3) is 0.364. The van der Waals surface area contributed by atoms with Crippen LogP contribution in [0.4, 0.5) is 0 Å². The van der Waals surface area contributed by atoms with E-state index in [4.69, 9.17) is 4.74 Å². The van der Waals surface area contributed by atoms with Gasteiger partial charge in [-0.2, -0.15) is 0 Å². The normalized spacial score (nSPS) is 10.9. The minimum atomic E-state index is -0.511. The molecule has 10 heteroatoms. The number of nitrogens with zero attached hydrogens (tertiary/aromatic N) is 5. The van der Waals surface area contributed by atoms with Crippen LogP contribution in [-0.2, 0) is 20.1 Å². The van der Waals surface area contributed by atoms with Crippen molar-refractivity contribution in [1.29, 1.82) is 0 Å². The first-order valence-electron chi connectivity index (χ1n) is 10.1. The molecule has 0 aliphatic heterocycles. The van der Waals surface area contributed by atoms with E-state index in [1.165, 1.54) is 23.5 Å². The van der Waals surface area contributed by atoms with Crippen molar-refractivity contribution >= 4 is 35.3 Å². The van der Waals surface area contributed by atoms with Crippen LogP contribution < -0.4 is 0 Å². The monoisotopic (exact) mass is 471 g/mol. The maximum Gasteiger partial charge on any atom is 0.313 e. The number of rotatable bonds is 10. The maximum atomic E-state index is 12.2. The Morgan fingerprint density at radius 2 is 1.69 bits per heavy atom. The first-order valence-corrected chi connectivity index (χ1v) is 12.1. The molecule has 2 aromatic heterocycles. The molecule has 0 amide bonds. The molecule has 2 heterocycles. The predicted octanol–water partition coefficient (Wildman–Crippen LogP) is 3.89. The van der Waals surface area contributed by atoms with Gasteiger partial charge in [-0.1, -0.05) is 41.2 Å². The molecule has 8 nitrogen and oxygen atoms in total. The van der Waals surface area contributed by atoms with Crippen LogP contribution in [0.5, 0.6) is 0 Å². The van der Waals surface area contributed by atoms with E-state index >= 15 is 0 Å². The molecular weight excluding hydrogens is 446 g/mol. The molecule has 0 N–H and O–H groups in total. The summed E-state index contributed by atoms with van der Waals surface area (Å²) in [6.45, 7) is 7.87. The lowest BCUT2D eigenvalue weighted by Crippen LogP contribution is -2.13. The predicted molar refractivity (Wildman–Crippen MR) is 124 cm³/mol. The number of thioether (sulfide) groups is 2. The van der Waals surface area contributed by atoms with E-state index in [2.05, 4.69) is 20.2 Å². The highest BCUT2D eigenvalue weighted by molar-refractivity contribution is 7.99. The smallest absolute Gasteiger partial charge is 0.313 e. The van der Waals surface area contributed by atoms with Crippen molar-refractivity contribution in [1.82, 2.24) is 24.7 Å². The van der Waals surface area contributed by atoms with Crippen LogP contribution in [0.3, 0.4) is 0 Å². The third-order valence-electron chi connectivity index (χ3n) is 4.29. The van der Waals surface area contributed by atoms with Gasteiger partial charge in [-0.3, -0.25) is 14.2 Å². The van der Waals surface area contributed by atoms with E-state index in [0.29, 0.717) is 16.1 Å². The second-order valence-electron chi connectivity index (χ2n) is 7.10. The number of Topliss-reactive ketones (excluding diaryl/α,β-unsaturated/α-hetero) is 1. The SMILES string of the molecule is CCOC(=O)CC(=O)CSc1nnc(CSc2nc(C)cc(C)n2)n1-c1ccc(C)cc1. The number of hydrogen-bond acceptors (Lipinski definition) is 9. The molecule has 0 aliphatic rings. The molecule has 0 radical (unpaired) electrons. The lowest BCUT2D eigenvalue weighted by molar-refractivity contribution is -0.145. The van der Waals surface area contributed by atoms with Crippen molar-refractivity contribution < 1.29 is 14.3 Å². The standard InChI is InChI=1S/C22H25N5O3S2/c1-5-30-20(29)11-18(28)12-32-22-26-25-19(27(22)17-8-6-14(2)7-9-17)13-31-21-23-15(3)10-16(4)24-21/h6-10H,5,11-13H2,1-4H3. The Labute approximate surface area is 195 Å². The summed E-state index contributed by atoms with van der Waals surface area (Å²) in [5.74, 6) is 0.620. The summed E-state index contributed by atoms with van der Waals surface area (Å²) in [7, 11) is 0. The summed E-state index contributed by atoms with van der Waals surface area (Å²) in [5.41, 5.74) is 3.87. The first-order chi connectivity index (χ1) is 15.4. The molecule has 0 saturated heterocycles. The average molecular weight is 472 g/mol. The molecule has 0 spiro atoms. The van der Waals surface area contributed by atoms with Crippen LogP contribution in [0.15, 0.2) is 40.6 Å². The van der Waals surface area contributed by atoms with Gasteiger partial charge in [-0.25, -0.2) is 9.97 Å². The second kappa shape index (κ2) is 11.2. The van der Waals surface area contributed by atoms with Gasteiger partial charge in [0.2, 0.25) is 0 Å². The Morgan fingerprint density at radius 1 is 1.00 bits per heavy atom. The molecule has 0 fully saturated rings. The zero-order valence-electron chi connectivity index (χ0n) is 18.5. The Kier molecular flexibility index (Phi) is 8.40. The zero-order valence-corrected chi connectivity index (χ0v) is 20.1. The third-order valence-corrected chi connectivity index (χ3v) is 6.13. The van der Waals surface area contributed by atoms with Crippen molar-refractivity contribution in [2.75, 3.05) is 12.4 Å². The van der Waals surface area contributed by atoms with Crippen LogP contribution in [0, 0.1) is 20.8 Å². The van der Waals surface area contributed by atoms with Gasteiger partial charge in [0.1, 0.15) is 12.2 Å². The van der Waals surface area contributed by atoms with E-state index in [9.17, 15) is 9.59 Å². The van der Waals surface area contributed by atoms with Crippen LogP contribution in [0.2, 0.25) is 0 Å². The minimum Gasteiger partial charge on any atom is -0.466 e. The number of aromatic nitrogens is 5. The quantitative estimate of drug-likeness (QED) is 0.189. The van der Waals surface area contributed by atoms with Gasteiger partial charge in [0.05, 0.1) is 18.1 Å². The lowest BCUT2D eigenvalue weighted by atomic mass is 10.2. The fourth-order valence-electron chi connectivity index (χ4n) is 2.90. The van der Waals surface area contributed by atoms with E-state index in [0.717, 1.165) is 28.5 Å². The summed E-state index contributed by atoms with van der Waals surface area (Å²) in [5, 5.41) is 9.93. The summed E-state index contributed by atoms with van der Waals surface area (Å²) in [4.78, 5) is 32.7. The zero-order chi connectivity index (χ0) is 23.1. The highest BCUT2D eigenvalue weighted by atomic mass is 32.2. The fourth-order valence-corrected chi connectivity index (χ4v) is 4.59. The number of carbonyl (C=O) groups excluding carboxylic acids is 2. The van der Waals surface area contributed by atoms with Gasteiger partial charge >= 0.3 is 5.97 Å². The second-order valence-corrected chi connectivity index (χ2v) is 8.99. The highest BCUT2D eigenvalue weighted by Crippen LogP contribution is 2.26. The lowest BCUT2D eigenvalue weighted by Gasteiger charge is -2.10. The van der Waals surface area contributed by atoms with Crippen molar-refractivity contribution in [2.45, 2.75) is 50.2 Å². The van der Waals surface area contributed by atoms with Crippen LogP contribution in [0.25, 0.3) is 5.69 Å². The molecule has 168 valence electrons. The Balaban J connectivity index is 1.79. The molecular formula is C22H25N5O3S2. The number of hydrogen-bond donors (Lipinski definition) is 0. The van der Waals surface area contributed by atoms with Gasteiger partial charge in [0.15, 0.2) is 16.1 Å². The molecule has 0 aliphatic carbocycles. The van der Waals surface area contributed by atoms with Crippen molar-refractivity contribution in [3.05, 3.63) is 53.1 Å². The van der Waals surface area contributed by atoms with Gasteiger partial charge in [0.25, 0.3) is 0 Å². The Bertz CT molecular complexity index is 1080. The van der Waals surface area contributed by atoms with Crippen LogP contribution in [0.1, 0.15) is 36.1 Å². The van der Waals surface area contributed by atoms with Crippen LogP contribution >= 0.6 is 23.5 Å². The molecule has 0 unspecified atom stereocenters. The maximum absolute atomic E-state index is 12.2. The van der Waals surface area contributed by atoms with E-state index in [-0.39, 0.29) is 24.6 Å². The number of ketones is 1. The molecule has 3 rings (SSSR count). The minimum absolute atomic E-state index is 0.107. The van der Waals surface area contributed by atoms with Crippen LogP contribution in [-0.4, -0.2) is 48.8 Å². The Hall–Kier alpha value is -2.72. The summed E-state index contributed by atoms with van der Waals surface area (Å²) in [6, 6.07) is 9.94.